The third-order valence-corrected chi connectivity index (χ3v) is 5.23. The molecule has 150 valence electrons. The summed E-state index contributed by atoms with van der Waals surface area (Å²) in [6, 6.07) is 12.4. The summed E-state index contributed by atoms with van der Waals surface area (Å²) in [7, 11) is 0. The van der Waals surface area contributed by atoms with E-state index in [1.165, 1.54) is 0 Å². The Hall–Kier alpha value is -3.61. The predicted octanol–water partition coefficient (Wildman–Crippen LogP) is 4.49. The first-order valence-corrected chi connectivity index (χ1v) is 10.2. The number of aromatic nitrogens is 5. The summed E-state index contributed by atoms with van der Waals surface area (Å²) in [6.07, 6.45) is 8.88. The van der Waals surface area contributed by atoms with E-state index in [1.807, 2.05) is 36.4 Å². The molecule has 0 radical (unpaired) electrons. The molecule has 1 fully saturated rings. The molecule has 7 heteroatoms. The molecule has 0 saturated heterocycles. The van der Waals surface area contributed by atoms with Gasteiger partial charge in [-0.05, 0) is 56.0 Å². The van der Waals surface area contributed by atoms with Crippen molar-refractivity contribution in [2.24, 2.45) is 0 Å². The highest BCUT2D eigenvalue weighted by Gasteiger charge is 2.29. The van der Waals surface area contributed by atoms with Crippen molar-refractivity contribution < 1.29 is 4.79 Å². The van der Waals surface area contributed by atoms with Crippen LogP contribution in [0.25, 0.3) is 22.6 Å². The van der Waals surface area contributed by atoms with Gasteiger partial charge in [0.25, 0.3) is 0 Å². The zero-order valence-corrected chi connectivity index (χ0v) is 16.7. The number of fused-ring (bicyclic) bond motifs is 1. The number of imidazole rings is 1. The first kappa shape index (κ1) is 18.4. The second-order valence-corrected chi connectivity index (χ2v) is 7.70. The Labute approximate surface area is 174 Å². The quantitative estimate of drug-likeness (QED) is 0.494. The zero-order chi connectivity index (χ0) is 20.5. The highest BCUT2D eigenvalue weighted by Crippen LogP contribution is 2.40. The summed E-state index contributed by atoms with van der Waals surface area (Å²) in [6.45, 7) is 1.62. The van der Waals surface area contributed by atoms with Gasteiger partial charge in [0, 0.05) is 36.1 Å². The lowest BCUT2D eigenvalue weighted by Gasteiger charge is -2.09. The number of hydrogen-bond acceptors (Lipinski definition) is 6. The summed E-state index contributed by atoms with van der Waals surface area (Å²) in [5, 5.41) is 3.30. The van der Waals surface area contributed by atoms with Gasteiger partial charge >= 0.3 is 0 Å². The van der Waals surface area contributed by atoms with Gasteiger partial charge in [-0.25, -0.2) is 9.97 Å². The van der Waals surface area contributed by atoms with Crippen molar-refractivity contribution in [1.82, 2.24) is 24.5 Å². The molecule has 0 amide bonds. The lowest BCUT2D eigenvalue weighted by molar-refractivity contribution is -0.116. The lowest BCUT2D eigenvalue weighted by atomic mass is 10.1. The van der Waals surface area contributed by atoms with Crippen molar-refractivity contribution in [3.05, 3.63) is 60.6 Å². The number of carbonyl (C=O) groups is 1. The monoisotopic (exact) mass is 398 g/mol. The van der Waals surface area contributed by atoms with Gasteiger partial charge in [0.05, 0.1) is 6.20 Å². The van der Waals surface area contributed by atoms with Crippen molar-refractivity contribution in [3.63, 3.8) is 0 Å². The Morgan fingerprint density at radius 2 is 2.00 bits per heavy atom. The van der Waals surface area contributed by atoms with Gasteiger partial charge < -0.3 is 14.7 Å². The van der Waals surface area contributed by atoms with E-state index in [2.05, 4.69) is 19.9 Å². The molecule has 0 atom stereocenters. The minimum absolute atomic E-state index is 0.195. The van der Waals surface area contributed by atoms with Crippen LogP contribution < -0.4 is 5.32 Å². The molecule has 1 saturated carbocycles. The van der Waals surface area contributed by atoms with Crippen LogP contribution in [-0.4, -0.2) is 30.3 Å². The highest BCUT2D eigenvalue weighted by molar-refractivity contribution is 5.78. The Morgan fingerprint density at radius 3 is 2.77 bits per heavy atom. The number of aryl methyl sites for hydroxylation is 1. The third-order valence-electron chi connectivity index (χ3n) is 5.23. The van der Waals surface area contributed by atoms with Crippen LogP contribution in [0.2, 0.25) is 0 Å². The number of anilines is 2. The number of pyridine rings is 1. The second kappa shape index (κ2) is 7.67. The molecule has 1 aliphatic rings. The molecule has 0 aliphatic heterocycles. The van der Waals surface area contributed by atoms with Crippen LogP contribution in [0.4, 0.5) is 11.6 Å². The largest absolute Gasteiger partial charge is 0.324 e. The van der Waals surface area contributed by atoms with Crippen molar-refractivity contribution >= 4 is 28.6 Å². The highest BCUT2D eigenvalue weighted by atomic mass is 16.1. The SMILES string of the molecule is CC(=O)CCc1cccc(Nc2ncc3nc(-c4ccncc4)n(C4CC4)c3n2)c1. The Bertz CT molecular complexity index is 1210. The van der Waals surface area contributed by atoms with Crippen molar-refractivity contribution in [3.8, 4) is 11.4 Å². The summed E-state index contributed by atoms with van der Waals surface area (Å²) in [5.74, 6) is 1.64. The van der Waals surface area contributed by atoms with Gasteiger partial charge in [0.1, 0.15) is 17.1 Å². The molecule has 1 aliphatic carbocycles. The van der Waals surface area contributed by atoms with Crippen LogP contribution >= 0.6 is 0 Å². The average molecular weight is 398 g/mol. The van der Waals surface area contributed by atoms with Gasteiger partial charge in [-0.1, -0.05) is 12.1 Å². The maximum Gasteiger partial charge on any atom is 0.229 e. The summed E-state index contributed by atoms with van der Waals surface area (Å²) < 4.78 is 2.22. The molecule has 1 N–H and O–H groups in total. The molecular formula is C23H22N6O. The van der Waals surface area contributed by atoms with Gasteiger partial charge in [0.2, 0.25) is 5.95 Å². The topological polar surface area (TPSA) is 85.6 Å². The van der Waals surface area contributed by atoms with Crippen LogP contribution in [0.3, 0.4) is 0 Å². The van der Waals surface area contributed by atoms with Crippen LogP contribution in [-0.2, 0) is 11.2 Å². The Morgan fingerprint density at radius 1 is 1.17 bits per heavy atom. The van der Waals surface area contributed by atoms with Gasteiger partial charge in [-0.15, -0.1) is 0 Å². The van der Waals surface area contributed by atoms with Gasteiger partial charge in [0.15, 0.2) is 5.65 Å². The number of carbonyl (C=O) groups excluding carboxylic acids is 1. The molecule has 0 bridgehead atoms. The van der Waals surface area contributed by atoms with E-state index in [-0.39, 0.29) is 5.78 Å². The second-order valence-electron chi connectivity index (χ2n) is 7.70. The molecule has 30 heavy (non-hydrogen) atoms. The fourth-order valence-electron chi connectivity index (χ4n) is 3.59. The smallest absolute Gasteiger partial charge is 0.229 e. The molecule has 3 heterocycles. The number of nitrogens with one attached hydrogen (secondary N) is 1. The summed E-state index contributed by atoms with van der Waals surface area (Å²) in [4.78, 5) is 29.4. The normalized spacial score (nSPS) is 13.5. The van der Waals surface area contributed by atoms with E-state index in [1.54, 1.807) is 25.5 Å². The maximum atomic E-state index is 11.3. The van der Waals surface area contributed by atoms with E-state index in [0.29, 0.717) is 18.4 Å². The van der Waals surface area contributed by atoms with Crippen LogP contribution in [0.1, 0.15) is 37.8 Å². The average Bonchev–Trinajstić information content (AvgIpc) is 3.53. The summed E-state index contributed by atoms with van der Waals surface area (Å²) in [5.41, 5.74) is 4.67. The molecule has 5 rings (SSSR count). The maximum absolute atomic E-state index is 11.3. The Balaban J connectivity index is 1.48. The predicted molar refractivity (Wildman–Crippen MR) is 116 cm³/mol. The number of rotatable bonds is 7. The number of hydrogen-bond donors (Lipinski definition) is 1. The first-order valence-electron chi connectivity index (χ1n) is 10.2. The molecule has 4 aromatic rings. The standard InChI is InChI=1S/C23H22N6O/c1-15(30)5-6-16-3-2-4-18(13-16)26-23-25-14-20-22(28-23)29(19-7-8-19)21(27-20)17-9-11-24-12-10-17/h2-4,9-14,19H,5-8H2,1H3,(H,25,26,28). The summed E-state index contributed by atoms with van der Waals surface area (Å²) >= 11 is 0. The van der Waals surface area contributed by atoms with Crippen LogP contribution in [0.15, 0.2) is 55.0 Å². The third kappa shape index (κ3) is 3.78. The first-order chi connectivity index (χ1) is 14.7. The number of benzene rings is 1. The lowest BCUT2D eigenvalue weighted by Crippen LogP contribution is -2.02. The minimum atomic E-state index is 0.195. The van der Waals surface area contributed by atoms with E-state index in [0.717, 1.165) is 53.1 Å². The minimum Gasteiger partial charge on any atom is -0.324 e. The van der Waals surface area contributed by atoms with Crippen molar-refractivity contribution in [2.45, 2.75) is 38.6 Å². The molecule has 7 nitrogen and oxygen atoms in total. The Kier molecular flexibility index (Phi) is 4.71. The fraction of sp³-hybridized carbons (Fsp3) is 0.261. The molecule has 1 aromatic carbocycles. The van der Waals surface area contributed by atoms with E-state index in [4.69, 9.17) is 9.97 Å². The van der Waals surface area contributed by atoms with Crippen LogP contribution in [0.5, 0.6) is 0 Å². The van der Waals surface area contributed by atoms with E-state index in [9.17, 15) is 4.79 Å². The fourth-order valence-corrected chi connectivity index (χ4v) is 3.59. The van der Waals surface area contributed by atoms with Gasteiger partial charge in [-0.3, -0.25) is 4.98 Å². The molecule has 3 aromatic heterocycles. The van der Waals surface area contributed by atoms with Crippen LogP contribution in [0, 0.1) is 0 Å². The number of nitrogens with zero attached hydrogens (tertiary/aromatic N) is 5. The molecule has 0 spiro atoms. The molecular weight excluding hydrogens is 376 g/mol. The van der Waals surface area contributed by atoms with Gasteiger partial charge in [-0.2, -0.15) is 4.98 Å². The van der Waals surface area contributed by atoms with Crippen molar-refractivity contribution in [1.29, 1.82) is 0 Å². The zero-order valence-electron chi connectivity index (χ0n) is 16.7. The number of Topliss-reactive ketones (excluding diaryl/α,β-unsaturated/α-hetero) is 1. The molecule has 0 unspecified atom stereocenters. The van der Waals surface area contributed by atoms with Crippen molar-refractivity contribution in [2.75, 3.05) is 5.32 Å². The van der Waals surface area contributed by atoms with E-state index < -0.39 is 0 Å². The number of ketones is 1. The van der Waals surface area contributed by atoms with E-state index >= 15 is 0 Å².